The van der Waals surface area contributed by atoms with Crippen molar-refractivity contribution in [2.24, 2.45) is 5.92 Å². The van der Waals surface area contributed by atoms with Crippen LogP contribution in [-0.4, -0.2) is 30.4 Å². The maximum absolute atomic E-state index is 12.5. The van der Waals surface area contributed by atoms with Crippen LogP contribution in [-0.2, 0) is 22.6 Å². The zero-order valence-electron chi connectivity index (χ0n) is 14.5. The number of hydrogen-bond donors (Lipinski definition) is 2. The van der Waals surface area contributed by atoms with Crippen molar-refractivity contribution in [2.75, 3.05) is 23.8 Å². The van der Waals surface area contributed by atoms with Crippen LogP contribution >= 0.6 is 0 Å². The summed E-state index contributed by atoms with van der Waals surface area (Å²) < 4.78 is 0. The Morgan fingerprint density at radius 1 is 1.24 bits per heavy atom. The van der Waals surface area contributed by atoms with Gasteiger partial charge in [-0.3, -0.25) is 9.59 Å². The number of rotatable bonds is 4. The summed E-state index contributed by atoms with van der Waals surface area (Å²) in [6, 6.07) is 11.8. The van der Waals surface area contributed by atoms with Gasteiger partial charge in [0, 0.05) is 38.9 Å². The molecule has 0 fully saturated rings. The molecule has 25 heavy (non-hydrogen) atoms. The average molecular weight is 338 g/mol. The molecule has 0 aliphatic carbocycles. The molecule has 6 heteroatoms. The van der Waals surface area contributed by atoms with Crippen LogP contribution in [0.5, 0.6) is 0 Å². The highest BCUT2D eigenvalue weighted by molar-refractivity contribution is 5.87. The number of carbonyl (C=O) groups excluding carboxylic acids is 2. The Balaban J connectivity index is 1.57. The van der Waals surface area contributed by atoms with Crippen molar-refractivity contribution in [2.45, 2.75) is 19.9 Å². The minimum absolute atomic E-state index is 0.0484. The monoisotopic (exact) mass is 338 g/mol. The standard InChI is InChI=1S/C19H22N4O2/c1-13(24)22-18-8-7-14(10-20-18)11-21-19(25)16-9-15-5-3-4-6-17(15)23(2)12-16/h3-8,10,16H,9,11-12H2,1-2H3,(H,21,25)(H,20,22,24). The van der Waals surface area contributed by atoms with E-state index in [1.54, 1.807) is 12.3 Å². The third-order valence-electron chi connectivity index (χ3n) is 4.33. The topological polar surface area (TPSA) is 74.3 Å². The van der Waals surface area contributed by atoms with Crippen LogP contribution in [0.1, 0.15) is 18.1 Å². The summed E-state index contributed by atoms with van der Waals surface area (Å²) in [5, 5.41) is 5.61. The normalized spacial score (nSPS) is 16.1. The van der Waals surface area contributed by atoms with E-state index in [0.717, 1.165) is 12.0 Å². The zero-order valence-corrected chi connectivity index (χ0v) is 14.5. The highest BCUT2D eigenvalue weighted by Gasteiger charge is 2.27. The van der Waals surface area contributed by atoms with Gasteiger partial charge < -0.3 is 15.5 Å². The quantitative estimate of drug-likeness (QED) is 0.894. The molecule has 1 unspecified atom stereocenters. The molecule has 0 radical (unpaired) electrons. The van der Waals surface area contributed by atoms with Gasteiger partial charge >= 0.3 is 0 Å². The lowest BCUT2D eigenvalue weighted by Crippen LogP contribution is -2.41. The molecule has 1 aliphatic heterocycles. The van der Waals surface area contributed by atoms with Crippen LogP contribution in [0, 0.1) is 5.92 Å². The molecule has 2 amide bonds. The molecule has 2 N–H and O–H groups in total. The molecule has 6 nitrogen and oxygen atoms in total. The van der Waals surface area contributed by atoms with E-state index in [1.807, 2.05) is 25.2 Å². The number of nitrogens with zero attached hydrogens (tertiary/aromatic N) is 2. The van der Waals surface area contributed by atoms with E-state index in [1.165, 1.54) is 18.2 Å². The second-order valence-electron chi connectivity index (χ2n) is 6.36. The summed E-state index contributed by atoms with van der Waals surface area (Å²) in [4.78, 5) is 29.8. The molecule has 1 aromatic heterocycles. The number of nitrogens with one attached hydrogen (secondary N) is 2. The number of benzene rings is 1. The molecule has 1 atom stereocenters. The van der Waals surface area contributed by atoms with Gasteiger partial charge in [-0.05, 0) is 29.7 Å². The Bertz CT molecular complexity index is 773. The molecule has 1 aliphatic rings. The summed E-state index contributed by atoms with van der Waals surface area (Å²) in [5.74, 6) is 0.335. The number of anilines is 2. The third kappa shape index (κ3) is 4.15. The number of fused-ring (bicyclic) bond motifs is 1. The number of carbonyl (C=O) groups is 2. The minimum Gasteiger partial charge on any atom is -0.374 e. The third-order valence-corrected chi connectivity index (χ3v) is 4.33. The summed E-state index contributed by atoms with van der Waals surface area (Å²) in [6.45, 7) is 2.58. The van der Waals surface area contributed by atoms with Gasteiger partial charge in [-0.25, -0.2) is 4.98 Å². The highest BCUT2D eigenvalue weighted by atomic mass is 16.2. The van der Waals surface area contributed by atoms with E-state index >= 15 is 0 Å². The Labute approximate surface area is 147 Å². The molecule has 3 rings (SSSR count). The van der Waals surface area contributed by atoms with E-state index < -0.39 is 0 Å². The fraction of sp³-hybridized carbons (Fsp3) is 0.316. The second kappa shape index (κ2) is 7.34. The van der Waals surface area contributed by atoms with Crippen molar-refractivity contribution >= 4 is 23.3 Å². The van der Waals surface area contributed by atoms with Crippen LogP contribution in [0.2, 0.25) is 0 Å². The number of aromatic nitrogens is 1. The molecule has 0 saturated carbocycles. The van der Waals surface area contributed by atoms with E-state index in [-0.39, 0.29) is 17.7 Å². The fourth-order valence-corrected chi connectivity index (χ4v) is 3.11. The van der Waals surface area contributed by atoms with E-state index in [4.69, 9.17) is 0 Å². The molecular formula is C19H22N4O2. The maximum Gasteiger partial charge on any atom is 0.225 e. The Morgan fingerprint density at radius 3 is 2.76 bits per heavy atom. The predicted molar refractivity (Wildman–Crippen MR) is 97.3 cm³/mol. The summed E-state index contributed by atoms with van der Waals surface area (Å²) >= 11 is 0. The number of amides is 2. The number of pyridine rings is 1. The molecule has 130 valence electrons. The predicted octanol–water partition coefficient (Wildman–Crippen LogP) is 1.96. The van der Waals surface area contributed by atoms with Gasteiger partial charge in [0.05, 0.1) is 5.92 Å². The molecular weight excluding hydrogens is 316 g/mol. The van der Waals surface area contributed by atoms with Crippen molar-refractivity contribution in [1.82, 2.24) is 10.3 Å². The van der Waals surface area contributed by atoms with Crippen molar-refractivity contribution < 1.29 is 9.59 Å². The SMILES string of the molecule is CC(=O)Nc1ccc(CNC(=O)C2Cc3ccccc3N(C)C2)cn1. The fourth-order valence-electron chi connectivity index (χ4n) is 3.11. The lowest BCUT2D eigenvalue weighted by Gasteiger charge is -2.32. The first-order chi connectivity index (χ1) is 12.0. The summed E-state index contributed by atoms with van der Waals surface area (Å²) in [6.07, 6.45) is 2.42. The van der Waals surface area contributed by atoms with Crippen molar-refractivity contribution in [3.8, 4) is 0 Å². The van der Waals surface area contributed by atoms with E-state index in [0.29, 0.717) is 18.9 Å². The van der Waals surface area contributed by atoms with Gasteiger partial charge in [0.1, 0.15) is 5.82 Å². The second-order valence-corrected chi connectivity index (χ2v) is 6.36. The smallest absolute Gasteiger partial charge is 0.225 e. The lowest BCUT2D eigenvalue weighted by atomic mass is 9.92. The van der Waals surface area contributed by atoms with E-state index in [2.05, 4.69) is 32.7 Å². The molecule has 2 heterocycles. The first-order valence-electron chi connectivity index (χ1n) is 8.32. The molecule has 0 spiro atoms. The molecule has 0 saturated heterocycles. The number of para-hydroxylation sites is 1. The largest absolute Gasteiger partial charge is 0.374 e. The average Bonchev–Trinajstić information content (AvgIpc) is 2.60. The van der Waals surface area contributed by atoms with Crippen LogP contribution in [0.4, 0.5) is 11.5 Å². The van der Waals surface area contributed by atoms with Gasteiger partial charge in [-0.1, -0.05) is 24.3 Å². The summed E-state index contributed by atoms with van der Waals surface area (Å²) in [5.41, 5.74) is 3.30. The van der Waals surface area contributed by atoms with Gasteiger partial charge in [-0.2, -0.15) is 0 Å². The first-order valence-corrected chi connectivity index (χ1v) is 8.32. The lowest BCUT2D eigenvalue weighted by molar-refractivity contribution is -0.125. The van der Waals surface area contributed by atoms with Crippen LogP contribution in [0.3, 0.4) is 0 Å². The summed E-state index contributed by atoms with van der Waals surface area (Å²) in [7, 11) is 2.02. The Kier molecular flexibility index (Phi) is 4.97. The van der Waals surface area contributed by atoms with Crippen LogP contribution in [0.25, 0.3) is 0 Å². The van der Waals surface area contributed by atoms with Gasteiger partial charge in [0.15, 0.2) is 0 Å². The van der Waals surface area contributed by atoms with Crippen molar-refractivity contribution in [1.29, 1.82) is 0 Å². The Morgan fingerprint density at radius 2 is 2.04 bits per heavy atom. The minimum atomic E-state index is -0.157. The maximum atomic E-state index is 12.5. The van der Waals surface area contributed by atoms with Crippen molar-refractivity contribution in [3.05, 3.63) is 53.7 Å². The number of hydrogen-bond acceptors (Lipinski definition) is 4. The van der Waals surface area contributed by atoms with Crippen LogP contribution in [0.15, 0.2) is 42.6 Å². The van der Waals surface area contributed by atoms with Crippen molar-refractivity contribution in [3.63, 3.8) is 0 Å². The molecule has 1 aromatic carbocycles. The Hall–Kier alpha value is -2.89. The first kappa shape index (κ1) is 17.0. The van der Waals surface area contributed by atoms with Gasteiger partial charge in [-0.15, -0.1) is 0 Å². The van der Waals surface area contributed by atoms with Crippen LogP contribution < -0.4 is 15.5 Å². The van der Waals surface area contributed by atoms with Gasteiger partial charge in [0.2, 0.25) is 11.8 Å². The van der Waals surface area contributed by atoms with Gasteiger partial charge in [0.25, 0.3) is 0 Å². The molecule has 0 bridgehead atoms. The van der Waals surface area contributed by atoms with E-state index in [9.17, 15) is 9.59 Å². The molecule has 2 aromatic rings. The zero-order chi connectivity index (χ0) is 17.8. The highest BCUT2D eigenvalue weighted by Crippen LogP contribution is 2.28.